The molecule has 7 heteroatoms. The molecule has 0 atom stereocenters. The number of anilines is 1. The van der Waals surface area contributed by atoms with Gasteiger partial charge >= 0.3 is 5.69 Å². The van der Waals surface area contributed by atoms with E-state index < -0.39 is 30.2 Å². The van der Waals surface area contributed by atoms with Gasteiger partial charge in [0.15, 0.2) is 0 Å². The molecule has 0 radical (unpaired) electrons. The fourth-order valence-corrected chi connectivity index (χ4v) is 0.901. The predicted octanol–water partition coefficient (Wildman–Crippen LogP) is -1.30. The van der Waals surface area contributed by atoms with Gasteiger partial charge in [0.1, 0.15) is 5.82 Å². The lowest BCUT2D eigenvalue weighted by atomic mass is 9.92. The molecule has 0 aliphatic heterocycles. The first-order chi connectivity index (χ1) is 7.51. The first-order valence-electron chi connectivity index (χ1n) is 4.61. The lowest BCUT2D eigenvalue weighted by molar-refractivity contribution is -0.129. The zero-order valence-corrected chi connectivity index (χ0v) is 8.73. The summed E-state index contributed by atoms with van der Waals surface area (Å²) in [6, 6.07) is 1.40. The Morgan fingerprint density at radius 3 is 2.69 bits per heavy atom. The van der Waals surface area contributed by atoms with E-state index in [1.165, 1.54) is 19.2 Å². The van der Waals surface area contributed by atoms with E-state index in [0.717, 1.165) is 0 Å². The van der Waals surface area contributed by atoms with Gasteiger partial charge in [-0.15, -0.1) is 0 Å². The number of amides is 1. The lowest BCUT2D eigenvalue weighted by Crippen LogP contribution is -2.40. The maximum atomic E-state index is 11.6. The molecule has 0 aliphatic rings. The Hall–Kier alpha value is -1.73. The van der Waals surface area contributed by atoms with Crippen LogP contribution in [-0.2, 0) is 4.79 Å². The van der Waals surface area contributed by atoms with Crippen LogP contribution in [0.1, 0.15) is 6.92 Å². The van der Waals surface area contributed by atoms with Gasteiger partial charge in [-0.2, -0.15) is 4.98 Å². The Bertz CT molecular complexity index is 425. The van der Waals surface area contributed by atoms with Crippen molar-refractivity contribution in [1.82, 2.24) is 9.97 Å². The summed E-state index contributed by atoms with van der Waals surface area (Å²) in [6.45, 7) is 0.395. The number of aliphatic hydroxyl groups excluding tert-OH is 2. The number of aliphatic hydroxyl groups is 2. The summed E-state index contributed by atoms with van der Waals surface area (Å²) < 4.78 is 0. The summed E-state index contributed by atoms with van der Waals surface area (Å²) in [4.78, 5) is 28.3. The lowest BCUT2D eigenvalue weighted by Gasteiger charge is -2.22. The van der Waals surface area contributed by atoms with Crippen LogP contribution in [0.4, 0.5) is 5.82 Å². The highest BCUT2D eigenvalue weighted by molar-refractivity contribution is 5.94. The fourth-order valence-electron chi connectivity index (χ4n) is 0.901. The molecule has 1 heterocycles. The normalized spacial score (nSPS) is 11.2. The van der Waals surface area contributed by atoms with Crippen LogP contribution in [0.25, 0.3) is 0 Å². The molecule has 0 bridgehead atoms. The van der Waals surface area contributed by atoms with E-state index in [1.807, 2.05) is 0 Å². The molecule has 0 aliphatic carbocycles. The van der Waals surface area contributed by atoms with E-state index in [0.29, 0.717) is 0 Å². The van der Waals surface area contributed by atoms with E-state index in [-0.39, 0.29) is 5.82 Å². The Morgan fingerprint density at radius 1 is 1.56 bits per heavy atom. The van der Waals surface area contributed by atoms with Gasteiger partial charge < -0.3 is 20.5 Å². The molecular formula is C9H13N3O4. The average Bonchev–Trinajstić information content (AvgIpc) is 2.28. The number of carbonyl (C=O) groups is 1. The molecule has 0 spiro atoms. The number of H-pyrrole nitrogens is 1. The van der Waals surface area contributed by atoms with Crippen LogP contribution in [0.2, 0.25) is 0 Å². The van der Waals surface area contributed by atoms with Crippen LogP contribution in [0.15, 0.2) is 17.1 Å². The number of hydrogen-bond donors (Lipinski definition) is 4. The molecule has 88 valence electrons. The highest BCUT2D eigenvalue weighted by Crippen LogP contribution is 2.16. The fraction of sp³-hybridized carbons (Fsp3) is 0.444. The summed E-state index contributed by atoms with van der Waals surface area (Å²) in [5, 5.41) is 20.3. The monoisotopic (exact) mass is 227 g/mol. The van der Waals surface area contributed by atoms with Crippen molar-refractivity contribution in [3.8, 4) is 0 Å². The summed E-state index contributed by atoms with van der Waals surface area (Å²) in [6.07, 6.45) is 1.33. The van der Waals surface area contributed by atoms with Gasteiger partial charge in [0.2, 0.25) is 5.91 Å². The summed E-state index contributed by atoms with van der Waals surface area (Å²) in [5.74, 6) is -0.530. The SMILES string of the molecule is CC(CO)(CO)C(=O)Nc1cc[nH]c(=O)n1. The van der Waals surface area contributed by atoms with Gasteiger partial charge in [-0.1, -0.05) is 0 Å². The highest BCUT2D eigenvalue weighted by Gasteiger charge is 2.32. The molecule has 16 heavy (non-hydrogen) atoms. The number of aromatic nitrogens is 2. The minimum atomic E-state index is -1.30. The highest BCUT2D eigenvalue weighted by atomic mass is 16.3. The molecule has 7 nitrogen and oxygen atoms in total. The number of nitrogens with one attached hydrogen (secondary N) is 2. The third kappa shape index (κ3) is 2.65. The van der Waals surface area contributed by atoms with Gasteiger partial charge in [0.25, 0.3) is 0 Å². The zero-order valence-electron chi connectivity index (χ0n) is 8.73. The average molecular weight is 227 g/mol. The molecule has 0 aromatic carbocycles. The van der Waals surface area contributed by atoms with Crippen molar-refractivity contribution < 1.29 is 15.0 Å². The van der Waals surface area contributed by atoms with Crippen LogP contribution in [0.3, 0.4) is 0 Å². The van der Waals surface area contributed by atoms with Crippen LogP contribution in [0, 0.1) is 5.41 Å². The topological polar surface area (TPSA) is 115 Å². The van der Waals surface area contributed by atoms with Crippen molar-refractivity contribution in [1.29, 1.82) is 0 Å². The molecule has 0 saturated heterocycles. The minimum absolute atomic E-state index is 0.0712. The van der Waals surface area contributed by atoms with Crippen molar-refractivity contribution in [2.45, 2.75) is 6.92 Å². The summed E-state index contributed by atoms with van der Waals surface area (Å²) in [5.41, 5.74) is -1.89. The van der Waals surface area contributed by atoms with Gasteiger partial charge in [0, 0.05) is 6.20 Å². The second-order valence-corrected chi connectivity index (χ2v) is 3.61. The van der Waals surface area contributed by atoms with Crippen LogP contribution in [-0.4, -0.2) is 39.3 Å². The molecular weight excluding hydrogens is 214 g/mol. The Labute approximate surface area is 91.2 Å². The third-order valence-corrected chi connectivity index (χ3v) is 2.16. The molecule has 1 rings (SSSR count). The Morgan fingerprint density at radius 2 is 2.19 bits per heavy atom. The predicted molar refractivity (Wildman–Crippen MR) is 55.8 cm³/mol. The quantitative estimate of drug-likeness (QED) is 0.510. The number of rotatable bonds is 4. The molecule has 0 saturated carbocycles. The van der Waals surface area contributed by atoms with Crippen molar-refractivity contribution in [2.75, 3.05) is 18.5 Å². The molecule has 4 N–H and O–H groups in total. The van der Waals surface area contributed by atoms with E-state index in [2.05, 4.69) is 15.3 Å². The molecule has 0 fully saturated rings. The van der Waals surface area contributed by atoms with Gasteiger partial charge in [-0.05, 0) is 13.0 Å². The smallest absolute Gasteiger partial charge is 0.346 e. The van der Waals surface area contributed by atoms with E-state index in [1.54, 1.807) is 0 Å². The van der Waals surface area contributed by atoms with Gasteiger partial charge in [-0.3, -0.25) is 4.79 Å². The van der Waals surface area contributed by atoms with Gasteiger partial charge in [-0.25, -0.2) is 4.79 Å². The minimum Gasteiger partial charge on any atom is -0.395 e. The second kappa shape index (κ2) is 4.86. The molecule has 1 aromatic heterocycles. The summed E-state index contributed by atoms with van der Waals surface area (Å²) >= 11 is 0. The third-order valence-electron chi connectivity index (χ3n) is 2.16. The number of nitrogens with zero attached hydrogens (tertiary/aromatic N) is 1. The molecule has 1 amide bonds. The van der Waals surface area contributed by atoms with E-state index in [9.17, 15) is 9.59 Å². The number of carbonyl (C=O) groups excluding carboxylic acids is 1. The van der Waals surface area contributed by atoms with Crippen LogP contribution >= 0.6 is 0 Å². The maximum Gasteiger partial charge on any atom is 0.346 e. The first-order valence-corrected chi connectivity index (χ1v) is 4.61. The first kappa shape index (κ1) is 12.3. The Balaban J connectivity index is 2.82. The van der Waals surface area contributed by atoms with E-state index >= 15 is 0 Å². The van der Waals surface area contributed by atoms with Crippen LogP contribution in [0.5, 0.6) is 0 Å². The Kier molecular flexibility index (Phi) is 3.75. The van der Waals surface area contributed by atoms with E-state index in [4.69, 9.17) is 10.2 Å². The van der Waals surface area contributed by atoms with Crippen molar-refractivity contribution in [2.24, 2.45) is 5.41 Å². The van der Waals surface area contributed by atoms with Crippen LogP contribution < -0.4 is 11.0 Å². The zero-order chi connectivity index (χ0) is 12.2. The number of aromatic amines is 1. The van der Waals surface area contributed by atoms with Crippen molar-refractivity contribution >= 4 is 11.7 Å². The maximum absolute atomic E-state index is 11.6. The molecule has 0 unspecified atom stereocenters. The summed E-state index contributed by atoms with van der Waals surface area (Å²) in [7, 11) is 0. The number of hydrogen-bond acceptors (Lipinski definition) is 5. The largest absolute Gasteiger partial charge is 0.395 e. The molecule has 1 aromatic rings. The standard InChI is InChI=1S/C9H13N3O4/c1-9(4-13,5-14)7(15)11-6-2-3-10-8(16)12-6/h2-3,13-14H,4-5H2,1H3,(H2,10,11,12,15,16). The van der Waals surface area contributed by atoms with Crippen molar-refractivity contribution in [3.63, 3.8) is 0 Å². The van der Waals surface area contributed by atoms with Gasteiger partial charge in [0.05, 0.1) is 18.6 Å². The van der Waals surface area contributed by atoms with Crippen molar-refractivity contribution in [3.05, 3.63) is 22.7 Å². The second-order valence-electron chi connectivity index (χ2n) is 3.61.